The Hall–Kier alpha value is -3.10. The molecule has 0 bridgehead atoms. The molecule has 1 unspecified atom stereocenters. The van der Waals surface area contributed by atoms with Gasteiger partial charge in [-0.25, -0.2) is 4.79 Å². The fourth-order valence-corrected chi connectivity index (χ4v) is 4.94. The van der Waals surface area contributed by atoms with Crippen LogP contribution in [-0.4, -0.2) is 45.0 Å². The number of nitrogens with one attached hydrogen (secondary N) is 1. The van der Waals surface area contributed by atoms with E-state index in [1.54, 1.807) is 6.07 Å². The Balaban J connectivity index is 1.50. The molecule has 8 heteroatoms. The number of rotatable bonds is 5. The zero-order valence-corrected chi connectivity index (χ0v) is 16.2. The molecule has 4 rings (SSSR count). The summed E-state index contributed by atoms with van der Waals surface area (Å²) in [7, 11) is 0. The van der Waals surface area contributed by atoms with Crippen LogP contribution in [0.4, 0.5) is 0 Å². The number of nitrogens with zero attached hydrogens (tertiary/aromatic N) is 1. The number of benzene rings is 2. The molecule has 2 aliphatic rings. The number of carbonyl (C=O) groups excluding carboxylic acids is 2. The highest BCUT2D eigenvalue weighted by Crippen LogP contribution is 2.40. The van der Waals surface area contributed by atoms with E-state index >= 15 is 0 Å². The van der Waals surface area contributed by atoms with E-state index in [0.29, 0.717) is 16.9 Å². The summed E-state index contributed by atoms with van der Waals surface area (Å²) in [6.07, 6.45) is 1.45. The van der Waals surface area contributed by atoms with E-state index < -0.39 is 35.2 Å². The van der Waals surface area contributed by atoms with Crippen LogP contribution in [0, 0.1) is 0 Å². The lowest BCUT2D eigenvalue weighted by Gasteiger charge is -2.49. The molecule has 2 aromatic rings. The monoisotopic (exact) mass is 409 g/mol. The van der Waals surface area contributed by atoms with Gasteiger partial charge in [0.05, 0.1) is 0 Å². The maximum absolute atomic E-state index is 12.7. The molecule has 0 radical (unpaired) electrons. The van der Waals surface area contributed by atoms with Gasteiger partial charge in [0.25, 0.3) is 5.91 Å². The second kappa shape index (κ2) is 7.38. The lowest BCUT2D eigenvalue weighted by molar-refractivity contribution is -0.150. The molecule has 1 saturated heterocycles. The van der Waals surface area contributed by atoms with Crippen LogP contribution in [0.5, 0.6) is 0 Å². The lowest BCUT2D eigenvalue weighted by Crippen LogP contribution is -2.71. The number of allylic oxidation sites excluding steroid dienone is 1. The standard InChI is InChI=1S/C21H19N3O4S/c1-2-11-10-29-20-16(19(26)24(20)17(11)21(27)28)23-18(25)15(22)14-8-7-12-5-3-4-6-13(12)9-14/h2-9,15-16,20H,1,10,22H2,(H,23,25)(H,27,28)/t15?,16-,20-/m1/s1. The Morgan fingerprint density at radius 3 is 2.69 bits per heavy atom. The molecular weight excluding hydrogens is 390 g/mol. The van der Waals surface area contributed by atoms with Crippen LogP contribution in [0.15, 0.2) is 66.4 Å². The summed E-state index contributed by atoms with van der Waals surface area (Å²) in [5.74, 6) is -1.72. The molecule has 1 fully saturated rings. The minimum atomic E-state index is -1.18. The maximum Gasteiger partial charge on any atom is 0.352 e. The Morgan fingerprint density at radius 2 is 2.00 bits per heavy atom. The Labute approximate surface area is 171 Å². The first-order valence-corrected chi connectivity index (χ1v) is 10.1. The van der Waals surface area contributed by atoms with E-state index in [9.17, 15) is 19.5 Å². The molecule has 3 atom stereocenters. The van der Waals surface area contributed by atoms with E-state index in [1.165, 1.54) is 22.7 Å². The summed E-state index contributed by atoms with van der Waals surface area (Å²) in [5.41, 5.74) is 7.19. The van der Waals surface area contributed by atoms with Crippen LogP contribution >= 0.6 is 11.8 Å². The predicted molar refractivity (Wildman–Crippen MR) is 111 cm³/mol. The van der Waals surface area contributed by atoms with E-state index in [-0.39, 0.29) is 5.70 Å². The number of carboxylic acid groups (broad SMARTS) is 1. The van der Waals surface area contributed by atoms with Gasteiger partial charge in [-0.05, 0) is 28.0 Å². The van der Waals surface area contributed by atoms with Crippen LogP contribution in [0.25, 0.3) is 10.8 Å². The molecule has 2 aliphatic heterocycles. The summed E-state index contributed by atoms with van der Waals surface area (Å²) >= 11 is 1.39. The number of carboxylic acids is 1. The molecule has 2 amide bonds. The van der Waals surface area contributed by atoms with Gasteiger partial charge in [-0.3, -0.25) is 14.5 Å². The Kier molecular flexibility index (Phi) is 4.89. The minimum Gasteiger partial charge on any atom is -0.477 e. The number of thioether (sulfide) groups is 1. The molecular formula is C21H19N3O4S. The fourth-order valence-electron chi connectivity index (χ4n) is 3.60. The summed E-state index contributed by atoms with van der Waals surface area (Å²) in [4.78, 5) is 38.0. The van der Waals surface area contributed by atoms with Gasteiger partial charge in [-0.1, -0.05) is 49.1 Å². The molecule has 0 aromatic heterocycles. The van der Waals surface area contributed by atoms with Gasteiger partial charge in [0, 0.05) is 5.75 Å². The third-order valence-electron chi connectivity index (χ3n) is 5.16. The van der Waals surface area contributed by atoms with Crippen LogP contribution in [-0.2, 0) is 14.4 Å². The topological polar surface area (TPSA) is 113 Å². The fraction of sp³-hybridized carbons (Fsp3) is 0.190. The van der Waals surface area contributed by atoms with Gasteiger partial charge in [-0.15, -0.1) is 11.8 Å². The van der Waals surface area contributed by atoms with E-state index in [2.05, 4.69) is 11.9 Å². The predicted octanol–water partition coefficient (Wildman–Crippen LogP) is 1.76. The number of amides is 2. The Morgan fingerprint density at radius 1 is 1.28 bits per heavy atom. The van der Waals surface area contributed by atoms with Crippen molar-refractivity contribution < 1.29 is 19.5 Å². The number of aliphatic carboxylic acids is 1. The normalized spacial score (nSPS) is 22.0. The quantitative estimate of drug-likeness (QED) is 0.649. The summed E-state index contributed by atoms with van der Waals surface area (Å²) in [6.45, 7) is 3.61. The van der Waals surface area contributed by atoms with Crippen molar-refractivity contribution in [3.63, 3.8) is 0 Å². The van der Waals surface area contributed by atoms with Gasteiger partial charge < -0.3 is 16.2 Å². The van der Waals surface area contributed by atoms with Gasteiger partial charge in [0.15, 0.2) is 0 Å². The third kappa shape index (κ3) is 3.20. The maximum atomic E-state index is 12.7. The van der Waals surface area contributed by atoms with Crippen molar-refractivity contribution in [2.75, 3.05) is 5.75 Å². The Bertz CT molecular complexity index is 1080. The van der Waals surface area contributed by atoms with Crippen molar-refractivity contribution in [3.8, 4) is 0 Å². The zero-order chi connectivity index (χ0) is 20.7. The summed E-state index contributed by atoms with van der Waals surface area (Å²) < 4.78 is 0. The van der Waals surface area contributed by atoms with E-state index in [0.717, 1.165) is 10.8 Å². The van der Waals surface area contributed by atoms with Crippen molar-refractivity contribution >= 4 is 40.3 Å². The molecule has 0 aliphatic carbocycles. The average Bonchev–Trinajstić information content (AvgIpc) is 2.74. The smallest absolute Gasteiger partial charge is 0.352 e. The largest absolute Gasteiger partial charge is 0.477 e. The molecule has 0 spiro atoms. The summed E-state index contributed by atoms with van der Waals surface area (Å²) in [6, 6.07) is 11.5. The number of hydrogen-bond donors (Lipinski definition) is 3. The van der Waals surface area contributed by atoms with E-state index in [4.69, 9.17) is 5.73 Å². The number of nitrogens with two attached hydrogens (primary N) is 1. The first-order valence-electron chi connectivity index (χ1n) is 9.00. The third-order valence-corrected chi connectivity index (χ3v) is 6.46. The van der Waals surface area contributed by atoms with Crippen molar-refractivity contribution in [2.24, 2.45) is 5.73 Å². The highest BCUT2D eigenvalue weighted by molar-refractivity contribution is 8.00. The lowest BCUT2D eigenvalue weighted by atomic mass is 9.99. The first-order chi connectivity index (χ1) is 13.9. The number of carbonyl (C=O) groups is 3. The van der Waals surface area contributed by atoms with Gasteiger partial charge in [-0.2, -0.15) is 0 Å². The van der Waals surface area contributed by atoms with Crippen molar-refractivity contribution in [1.29, 1.82) is 0 Å². The van der Waals surface area contributed by atoms with Crippen LogP contribution < -0.4 is 11.1 Å². The minimum absolute atomic E-state index is 0.0712. The zero-order valence-electron chi connectivity index (χ0n) is 15.4. The molecule has 29 heavy (non-hydrogen) atoms. The molecule has 0 saturated carbocycles. The number of hydrogen-bond acceptors (Lipinski definition) is 5. The molecule has 2 aromatic carbocycles. The average molecular weight is 409 g/mol. The van der Waals surface area contributed by atoms with Crippen LogP contribution in [0.3, 0.4) is 0 Å². The SMILES string of the molecule is C=CC1=C(C(=O)O)N2C(=O)[C@@H](NC(=O)C(N)c3ccc4ccccc4c3)[C@H]2SC1. The highest BCUT2D eigenvalue weighted by atomic mass is 32.2. The highest BCUT2D eigenvalue weighted by Gasteiger charge is 2.54. The van der Waals surface area contributed by atoms with Crippen LogP contribution in [0.1, 0.15) is 11.6 Å². The number of β-lactam (4-membered cyclic amide) rings is 1. The first kappa shape index (κ1) is 19.2. The van der Waals surface area contributed by atoms with Gasteiger partial charge in [0.2, 0.25) is 5.91 Å². The molecule has 7 nitrogen and oxygen atoms in total. The van der Waals surface area contributed by atoms with Crippen molar-refractivity contribution in [2.45, 2.75) is 17.5 Å². The molecule has 148 valence electrons. The van der Waals surface area contributed by atoms with Crippen LogP contribution in [0.2, 0.25) is 0 Å². The van der Waals surface area contributed by atoms with Gasteiger partial charge >= 0.3 is 5.97 Å². The molecule has 2 heterocycles. The molecule has 4 N–H and O–H groups in total. The summed E-state index contributed by atoms with van der Waals surface area (Å²) in [5, 5.41) is 13.7. The van der Waals surface area contributed by atoms with Crippen molar-refractivity contribution in [3.05, 3.63) is 72.0 Å². The second-order valence-corrected chi connectivity index (χ2v) is 7.97. The van der Waals surface area contributed by atoms with Crippen molar-refractivity contribution in [1.82, 2.24) is 10.2 Å². The van der Waals surface area contributed by atoms with E-state index in [1.807, 2.05) is 36.4 Å². The number of fused-ring (bicyclic) bond motifs is 2. The second-order valence-electron chi connectivity index (χ2n) is 6.86. The van der Waals surface area contributed by atoms with Gasteiger partial charge in [0.1, 0.15) is 23.2 Å².